The minimum absolute atomic E-state index is 0.0225. The Morgan fingerprint density at radius 3 is 3.00 bits per heavy atom. The molecule has 3 nitrogen and oxygen atoms in total. The number of aryl methyl sites for hydroxylation is 1. The van der Waals surface area contributed by atoms with Gasteiger partial charge in [-0.05, 0) is 30.7 Å². The molecule has 0 spiro atoms. The fourth-order valence-electron chi connectivity index (χ4n) is 2.10. The first-order valence-corrected chi connectivity index (χ1v) is 9.17. The van der Waals surface area contributed by atoms with Crippen molar-refractivity contribution in [2.24, 2.45) is 5.73 Å². The predicted molar refractivity (Wildman–Crippen MR) is 93.0 cm³/mol. The molecule has 1 atom stereocenters. The molecule has 1 aliphatic heterocycles. The van der Waals surface area contributed by atoms with E-state index in [-0.39, 0.29) is 5.91 Å². The summed E-state index contributed by atoms with van der Waals surface area (Å²) in [6, 6.07) is 5.69. The van der Waals surface area contributed by atoms with Gasteiger partial charge in [0.1, 0.15) is 0 Å². The number of rotatable bonds is 3. The highest BCUT2D eigenvalue weighted by Gasteiger charge is 2.15. The lowest BCUT2D eigenvalue weighted by Gasteiger charge is -2.21. The molecule has 2 rings (SSSR count). The van der Waals surface area contributed by atoms with E-state index >= 15 is 0 Å². The van der Waals surface area contributed by atoms with Crippen LogP contribution in [0.2, 0.25) is 0 Å². The zero-order chi connectivity index (χ0) is 15.1. The minimum Gasteiger partial charge on any atom is -0.351 e. The monoisotopic (exact) mass is 320 g/mol. The molecule has 0 aromatic heterocycles. The van der Waals surface area contributed by atoms with Gasteiger partial charge >= 0.3 is 0 Å². The second-order valence-corrected chi connectivity index (χ2v) is 7.43. The van der Waals surface area contributed by atoms with Crippen LogP contribution in [0.1, 0.15) is 21.5 Å². The number of hydrogen-bond acceptors (Lipinski definition) is 4. The summed E-state index contributed by atoms with van der Waals surface area (Å²) in [7, 11) is 0. The number of thioether (sulfide) groups is 2. The quantitative estimate of drug-likeness (QED) is 0.835. The van der Waals surface area contributed by atoms with E-state index in [9.17, 15) is 4.79 Å². The summed E-state index contributed by atoms with van der Waals surface area (Å²) in [5.74, 6) is 9.29. The molecule has 5 heteroatoms. The molecule has 1 amide bonds. The van der Waals surface area contributed by atoms with E-state index < -0.39 is 0 Å². The van der Waals surface area contributed by atoms with Crippen molar-refractivity contribution in [1.82, 2.24) is 5.32 Å². The van der Waals surface area contributed by atoms with E-state index in [4.69, 9.17) is 5.73 Å². The molecule has 1 saturated heterocycles. The Morgan fingerprint density at radius 2 is 2.29 bits per heavy atom. The Morgan fingerprint density at radius 1 is 1.43 bits per heavy atom. The first-order valence-electron chi connectivity index (χ1n) is 6.97. The van der Waals surface area contributed by atoms with E-state index in [1.165, 1.54) is 11.5 Å². The maximum atomic E-state index is 12.3. The van der Waals surface area contributed by atoms with E-state index in [1.54, 1.807) is 0 Å². The van der Waals surface area contributed by atoms with Gasteiger partial charge in [-0.2, -0.15) is 23.5 Å². The molecule has 0 bridgehead atoms. The third-order valence-corrected chi connectivity index (χ3v) is 5.89. The lowest BCUT2D eigenvalue weighted by Crippen LogP contribution is -2.33. The summed E-state index contributed by atoms with van der Waals surface area (Å²) < 4.78 is 0. The molecule has 1 aromatic rings. The highest BCUT2D eigenvalue weighted by Crippen LogP contribution is 2.23. The Kier molecular flexibility index (Phi) is 6.50. The van der Waals surface area contributed by atoms with Crippen molar-refractivity contribution < 1.29 is 4.79 Å². The summed E-state index contributed by atoms with van der Waals surface area (Å²) in [5, 5.41) is 3.56. The summed E-state index contributed by atoms with van der Waals surface area (Å²) in [4.78, 5) is 12.3. The van der Waals surface area contributed by atoms with Crippen LogP contribution in [0.5, 0.6) is 0 Å². The second kappa shape index (κ2) is 8.38. The summed E-state index contributed by atoms with van der Waals surface area (Å²) in [6.07, 6.45) is 0. The van der Waals surface area contributed by atoms with Gasteiger partial charge in [0.05, 0.1) is 6.54 Å². The topological polar surface area (TPSA) is 55.1 Å². The third-order valence-electron chi connectivity index (χ3n) is 3.05. The predicted octanol–water partition coefficient (Wildman–Crippen LogP) is 1.88. The standard InChI is InChI=1S/C16H20N2OS2/c1-12-7-13(3-2-4-17)9-14(8-12)16(19)18-10-15-11-20-5-6-21-15/h7-9,15H,4-6,10-11,17H2,1H3,(H,18,19). The number of amides is 1. The molecule has 1 fully saturated rings. The fraction of sp³-hybridized carbons (Fsp3) is 0.438. The maximum absolute atomic E-state index is 12.3. The van der Waals surface area contributed by atoms with Gasteiger partial charge in [-0.3, -0.25) is 4.79 Å². The molecular weight excluding hydrogens is 300 g/mol. The van der Waals surface area contributed by atoms with Crippen molar-refractivity contribution in [1.29, 1.82) is 0 Å². The Hall–Kier alpha value is -1.09. The molecule has 0 radical (unpaired) electrons. The molecule has 0 aliphatic carbocycles. The fourth-order valence-corrected chi connectivity index (χ4v) is 4.71. The van der Waals surface area contributed by atoms with Crippen molar-refractivity contribution in [3.63, 3.8) is 0 Å². The van der Waals surface area contributed by atoms with E-state index in [0.717, 1.165) is 23.4 Å². The highest BCUT2D eigenvalue weighted by molar-refractivity contribution is 8.06. The summed E-state index contributed by atoms with van der Waals surface area (Å²) >= 11 is 3.91. The van der Waals surface area contributed by atoms with Crippen LogP contribution in [0.15, 0.2) is 18.2 Å². The molecular formula is C16H20N2OS2. The minimum atomic E-state index is -0.0225. The first-order chi connectivity index (χ1) is 10.2. The van der Waals surface area contributed by atoms with Crippen molar-refractivity contribution in [2.45, 2.75) is 12.2 Å². The van der Waals surface area contributed by atoms with E-state index in [0.29, 0.717) is 17.4 Å². The van der Waals surface area contributed by atoms with Gasteiger partial charge in [-0.15, -0.1) is 0 Å². The van der Waals surface area contributed by atoms with Crippen LogP contribution in [-0.2, 0) is 0 Å². The van der Waals surface area contributed by atoms with E-state index in [2.05, 4.69) is 17.2 Å². The molecule has 3 N–H and O–H groups in total. The highest BCUT2D eigenvalue weighted by atomic mass is 32.2. The van der Waals surface area contributed by atoms with E-state index in [1.807, 2.05) is 48.6 Å². The molecule has 1 aromatic carbocycles. The van der Waals surface area contributed by atoms with Crippen LogP contribution in [0.4, 0.5) is 0 Å². The van der Waals surface area contributed by atoms with Gasteiger partial charge in [0.15, 0.2) is 0 Å². The van der Waals surface area contributed by atoms with Crippen LogP contribution in [-0.4, -0.2) is 41.5 Å². The SMILES string of the molecule is Cc1cc(C#CCN)cc(C(=O)NCC2CSCCS2)c1. The van der Waals surface area contributed by atoms with Crippen molar-refractivity contribution >= 4 is 29.4 Å². The summed E-state index contributed by atoms with van der Waals surface area (Å²) in [5.41, 5.74) is 7.93. The molecule has 21 heavy (non-hydrogen) atoms. The summed E-state index contributed by atoms with van der Waals surface area (Å²) in [6.45, 7) is 3.03. The number of carbonyl (C=O) groups is 1. The van der Waals surface area contributed by atoms with Crippen molar-refractivity contribution in [2.75, 3.05) is 30.3 Å². The molecule has 112 valence electrons. The van der Waals surface area contributed by atoms with Gasteiger partial charge in [0.2, 0.25) is 0 Å². The smallest absolute Gasteiger partial charge is 0.251 e. The maximum Gasteiger partial charge on any atom is 0.251 e. The molecule has 1 aliphatic rings. The van der Waals surface area contributed by atoms with Gasteiger partial charge in [0, 0.05) is 40.2 Å². The number of hydrogen-bond donors (Lipinski definition) is 2. The average Bonchev–Trinajstić information content (AvgIpc) is 2.51. The first kappa shape index (κ1) is 16.3. The van der Waals surface area contributed by atoms with Gasteiger partial charge in [0.25, 0.3) is 5.91 Å². The second-order valence-electron chi connectivity index (χ2n) is 4.87. The van der Waals surface area contributed by atoms with Crippen LogP contribution in [0.25, 0.3) is 0 Å². The van der Waals surface area contributed by atoms with Crippen LogP contribution in [0, 0.1) is 18.8 Å². The molecule has 1 heterocycles. The molecule has 0 saturated carbocycles. The van der Waals surface area contributed by atoms with Crippen LogP contribution in [0.3, 0.4) is 0 Å². The Balaban J connectivity index is 1.99. The van der Waals surface area contributed by atoms with Gasteiger partial charge in [-0.25, -0.2) is 0 Å². The average molecular weight is 320 g/mol. The largest absolute Gasteiger partial charge is 0.351 e. The van der Waals surface area contributed by atoms with Crippen molar-refractivity contribution in [3.05, 3.63) is 34.9 Å². The zero-order valence-electron chi connectivity index (χ0n) is 12.1. The lowest BCUT2D eigenvalue weighted by molar-refractivity contribution is 0.0954. The lowest BCUT2D eigenvalue weighted by atomic mass is 10.1. The third kappa shape index (κ3) is 5.31. The molecule has 1 unspecified atom stereocenters. The van der Waals surface area contributed by atoms with Crippen LogP contribution >= 0.6 is 23.5 Å². The normalized spacial score (nSPS) is 17.7. The number of nitrogens with one attached hydrogen (secondary N) is 1. The Labute approximate surface area is 134 Å². The van der Waals surface area contributed by atoms with Crippen molar-refractivity contribution in [3.8, 4) is 11.8 Å². The van der Waals surface area contributed by atoms with Gasteiger partial charge in [-0.1, -0.05) is 11.8 Å². The zero-order valence-corrected chi connectivity index (χ0v) is 13.8. The number of nitrogens with two attached hydrogens (primary N) is 1. The Bertz CT molecular complexity index is 557. The van der Waals surface area contributed by atoms with Gasteiger partial charge < -0.3 is 11.1 Å². The number of benzene rings is 1. The number of carbonyl (C=O) groups excluding carboxylic acids is 1. The van der Waals surface area contributed by atoms with Crippen LogP contribution < -0.4 is 11.1 Å².